The third-order valence-corrected chi connectivity index (χ3v) is 11.0. The molecule has 9 rings (SSSR count). The second kappa shape index (κ2) is 18.0. The zero-order valence-electron chi connectivity index (χ0n) is 30.7. The summed E-state index contributed by atoms with van der Waals surface area (Å²) in [5.41, 5.74) is 7.11. The maximum Gasteiger partial charge on any atom is 0.316 e. The number of benzene rings is 4. The van der Waals surface area contributed by atoms with Gasteiger partial charge in [-0.05, 0) is 64.7 Å². The van der Waals surface area contributed by atoms with E-state index in [1.807, 2.05) is 121 Å². The average molecular weight is 794 g/mol. The summed E-state index contributed by atoms with van der Waals surface area (Å²) in [5, 5.41) is 20.9. The fourth-order valence-electron chi connectivity index (χ4n) is 5.89. The third-order valence-electron chi connectivity index (χ3n) is 8.80. The van der Waals surface area contributed by atoms with Crippen LogP contribution in [0, 0.1) is 22.7 Å². The lowest BCUT2D eigenvalue weighted by Crippen LogP contribution is -2.05. The lowest BCUT2D eigenvalue weighted by Gasteiger charge is -2.09. The van der Waals surface area contributed by atoms with Crippen molar-refractivity contribution in [3.05, 3.63) is 185 Å². The van der Waals surface area contributed by atoms with Gasteiger partial charge in [0.2, 0.25) is 0 Å². The summed E-state index contributed by atoms with van der Waals surface area (Å²) in [6.45, 7) is 0.706. The van der Waals surface area contributed by atoms with Gasteiger partial charge in [0.15, 0.2) is 0 Å². The van der Waals surface area contributed by atoms with E-state index in [1.165, 1.54) is 22.7 Å². The van der Waals surface area contributed by atoms with Crippen LogP contribution >= 0.6 is 22.7 Å². The van der Waals surface area contributed by atoms with Gasteiger partial charge in [-0.3, -0.25) is 4.98 Å². The molecule has 0 saturated carbocycles. The maximum atomic E-state index is 9.79. The van der Waals surface area contributed by atoms with Crippen molar-refractivity contribution in [3.8, 4) is 35.3 Å². The topological polar surface area (TPSA) is 156 Å². The molecule has 0 aliphatic heterocycles. The molecule has 0 bridgehead atoms. The minimum absolute atomic E-state index is 0.236. The number of hydrogen-bond donors (Lipinski definition) is 0. The molecular formula is C45H31N9O2S2. The van der Waals surface area contributed by atoms with Crippen molar-refractivity contribution in [2.24, 2.45) is 0 Å². The molecular weight excluding hydrogens is 763 g/mol. The van der Waals surface area contributed by atoms with Crippen molar-refractivity contribution < 1.29 is 9.47 Å². The highest BCUT2D eigenvalue weighted by atomic mass is 32.1. The smallest absolute Gasteiger partial charge is 0.316 e. The van der Waals surface area contributed by atoms with E-state index in [4.69, 9.17) is 9.47 Å². The first-order valence-electron chi connectivity index (χ1n) is 18.1. The van der Waals surface area contributed by atoms with Gasteiger partial charge < -0.3 is 9.47 Å². The van der Waals surface area contributed by atoms with Gasteiger partial charge in [-0.2, -0.15) is 20.5 Å². The van der Waals surface area contributed by atoms with Crippen LogP contribution in [-0.2, 0) is 13.2 Å². The van der Waals surface area contributed by atoms with Crippen LogP contribution in [-0.4, -0.2) is 34.9 Å². The maximum absolute atomic E-state index is 9.79. The van der Waals surface area contributed by atoms with Crippen molar-refractivity contribution in [1.29, 1.82) is 10.5 Å². The van der Waals surface area contributed by atoms with E-state index in [-0.39, 0.29) is 12.0 Å². The molecule has 5 aromatic heterocycles. The summed E-state index contributed by atoms with van der Waals surface area (Å²) in [6.07, 6.45) is 6.82. The van der Waals surface area contributed by atoms with Gasteiger partial charge in [-0.25, -0.2) is 19.9 Å². The van der Waals surface area contributed by atoms with Gasteiger partial charge in [0.25, 0.3) is 0 Å². The van der Waals surface area contributed by atoms with Gasteiger partial charge in [0.1, 0.15) is 35.1 Å². The molecule has 0 N–H and O–H groups in total. The molecule has 280 valence electrons. The summed E-state index contributed by atoms with van der Waals surface area (Å²) < 4.78 is 13.6. The lowest BCUT2D eigenvalue weighted by molar-refractivity contribution is 0.279. The van der Waals surface area contributed by atoms with Gasteiger partial charge in [0.05, 0.1) is 44.0 Å². The Morgan fingerprint density at radius 3 is 1.52 bits per heavy atom. The Morgan fingerprint density at radius 1 is 0.500 bits per heavy atom. The van der Waals surface area contributed by atoms with E-state index < -0.39 is 11.8 Å². The van der Waals surface area contributed by atoms with Crippen LogP contribution in [0.25, 0.3) is 31.6 Å². The monoisotopic (exact) mass is 793 g/mol. The number of pyridine rings is 1. The Bertz CT molecular complexity index is 2790. The van der Waals surface area contributed by atoms with E-state index in [9.17, 15) is 10.5 Å². The number of rotatable bonds is 11. The first-order valence-corrected chi connectivity index (χ1v) is 19.7. The molecule has 0 amide bonds. The minimum Gasteiger partial charge on any atom is -0.459 e. The summed E-state index contributed by atoms with van der Waals surface area (Å²) in [5.74, 6) is -1.12. The van der Waals surface area contributed by atoms with Crippen LogP contribution in [0.15, 0.2) is 152 Å². The van der Waals surface area contributed by atoms with Crippen LogP contribution in [0.2, 0.25) is 0 Å². The predicted molar refractivity (Wildman–Crippen MR) is 223 cm³/mol. The fraction of sp³-hybridized carbons (Fsp3) is 0.0889. The average Bonchev–Trinajstić information content (AvgIpc) is 3.92. The highest BCUT2D eigenvalue weighted by Gasteiger charge is 2.22. The molecule has 0 saturated heterocycles. The van der Waals surface area contributed by atoms with E-state index in [0.29, 0.717) is 29.6 Å². The molecule has 0 radical (unpaired) electrons. The summed E-state index contributed by atoms with van der Waals surface area (Å²) in [7, 11) is 0. The number of aromatic nitrogens is 7. The highest BCUT2D eigenvalue weighted by molar-refractivity contribution is 7.19. The second-order valence-corrected chi connectivity index (χ2v) is 14.8. The number of hydrogen-bond acceptors (Lipinski definition) is 13. The van der Waals surface area contributed by atoms with Crippen LogP contribution in [0.3, 0.4) is 0 Å². The molecule has 13 heteroatoms. The minimum atomic E-state index is -0.573. The molecule has 2 atom stereocenters. The Morgan fingerprint density at radius 2 is 1.02 bits per heavy atom. The second-order valence-electron chi connectivity index (χ2n) is 12.7. The summed E-state index contributed by atoms with van der Waals surface area (Å²) in [6, 6.07) is 46.1. The number of fused-ring (bicyclic) bond motifs is 2. The van der Waals surface area contributed by atoms with Crippen molar-refractivity contribution in [2.75, 3.05) is 0 Å². The van der Waals surface area contributed by atoms with Crippen LogP contribution in [0.5, 0.6) is 12.0 Å². The molecule has 0 fully saturated rings. The summed E-state index contributed by atoms with van der Waals surface area (Å²) in [4.78, 5) is 30.6. The van der Waals surface area contributed by atoms with Crippen molar-refractivity contribution in [2.45, 2.75) is 25.0 Å². The first-order chi connectivity index (χ1) is 28.6. The third kappa shape index (κ3) is 8.98. The normalized spacial score (nSPS) is 11.8. The lowest BCUT2D eigenvalue weighted by atomic mass is 10.1. The van der Waals surface area contributed by atoms with Crippen molar-refractivity contribution in [1.82, 2.24) is 34.9 Å². The van der Waals surface area contributed by atoms with Crippen LogP contribution in [0.4, 0.5) is 0 Å². The number of ether oxygens (including phenoxy) is 2. The number of para-hydroxylation sites is 2. The molecule has 2 unspecified atom stereocenters. The first kappa shape index (κ1) is 37.5. The number of nitriles is 2. The Balaban J connectivity index is 0.000000165. The molecule has 0 aliphatic carbocycles. The van der Waals surface area contributed by atoms with Gasteiger partial charge in [-0.15, -0.1) is 22.7 Å². The van der Waals surface area contributed by atoms with Crippen LogP contribution in [0.1, 0.15) is 44.4 Å². The SMILES string of the molecule is N#CC(c1ccnc(OCc2ccc(-c3cccnc3)cc2)n1)c1nc2ccccc2s1.N#CC(c1ccnc(OCc2ccccc2)n1)c1nc2ccccc2s1. The van der Waals surface area contributed by atoms with E-state index >= 15 is 0 Å². The highest BCUT2D eigenvalue weighted by Crippen LogP contribution is 2.32. The standard InChI is InChI=1S/C25H17N5OS.C20H14N4OS/c26-14-20(24-29-22-5-1-2-6-23(22)32-24)21-11-13-28-25(30-21)31-16-17-7-9-18(10-8-17)19-4-3-12-27-15-19;21-12-15(19-23-17-8-4-5-9-18(17)26-19)16-10-11-22-20(24-16)25-13-14-6-2-1-3-7-14/h1-13,15,20H,16H2;1-11,15H,13H2. The molecule has 5 heterocycles. The molecule has 11 nitrogen and oxygen atoms in total. The Labute approximate surface area is 341 Å². The van der Waals surface area contributed by atoms with Crippen LogP contribution < -0.4 is 9.47 Å². The zero-order chi connectivity index (χ0) is 39.5. The quantitative estimate of drug-likeness (QED) is 0.123. The number of thiazole rings is 2. The zero-order valence-corrected chi connectivity index (χ0v) is 32.3. The largest absolute Gasteiger partial charge is 0.459 e. The molecule has 58 heavy (non-hydrogen) atoms. The molecule has 9 aromatic rings. The van der Waals surface area contributed by atoms with E-state index in [2.05, 4.69) is 47.0 Å². The van der Waals surface area contributed by atoms with E-state index in [1.54, 1.807) is 30.7 Å². The van der Waals surface area contributed by atoms with Crippen molar-refractivity contribution >= 4 is 43.1 Å². The Hall–Kier alpha value is -7.45. The predicted octanol–water partition coefficient (Wildman–Crippen LogP) is 9.70. The summed E-state index contributed by atoms with van der Waals surface area (Å²) >= 11 is 3.01. The van der Waals surface area contributed by atoms with E-state index in [0.717, 1.165) is 47.7 Å². The van der Waals surface area contributed by atoms with Gasteiger partial charge in [-0.1, -0.05) is 84.9 Å². The van der Waals surface area contributed by atoms with Crippen molar-refractivity contribution in [3.63, 3.8) is 0 Å². The molecule has 4 aromatic carbocycles. The fourth-order valence-corrected chi connectivity index (χ4v) is 7.94. The molecule has 0 aliphatic rings. The number of nitrogens with zero attached hydrogens (tertiary/aromatic N) is 9. The molecule has 0 spiro atoms. The van der Waals surface area contributed by atoms with Gasteiger partial charge in [0, 0.05) is 24.8 Å². The Kier molecular flexibility index (Phi) is 11.6. The van der Waals surface area contributed by atoms with Gasteiger partial charge >= 0.3 is 12.0 Å².